The summed E-state index contributed by atoms with van der Waals surface area (Å²) in [5.41, 5.74) is -0.824. The lowest BCUT2D eigenvalue weighted by Gasteiger charge is -2.21. The Hall–Kier alpha value is -0.650. The predicted molar refractivity (Wildman–Crippen MR) is 81.6 cm³/mol. The fraction of sp³-hybridized carbons (Fsp3) is 0.571. The van der Waals surface area contributed by atoms with Gasteiger partial charge in [-0.15, -0.1) is 12.4 Å². The van der Waals surface area contributed by atoms with E-state index in [1.165, 1.54) is 12.1 Å². The van der Waals surface area contributed by atoms with Gasteiger partial charge in [0.25, 0.3) is 0 Å². The number of nitrogens with one attached hydrogen (secondary N) is 1. The molecule has 0 bridgehead atoms. The van der Waals surface area contributed by atoms with Crippen molar-refractivity contribution in [3.05, 3.63) is 28.8 Å². The molecule has 0 saturated carbocycles. The van der Waals surface area contributed by atoms with Crippen LogP contribution in [0.1, 0.15) is 31.7 Å². The van der Waals surface area contributed by atoms with Crippen LogP contribution in [0.2, 0.25) is 5.02 Å². The number of hydrogen-bond acceptors (Lipinski definition) is 2. The highest BCUT2D eigenvalue weighted by Gasteiger charge is 2.35. The van der Waals surface area contributed by atoms with E-state index >= 15 is 0 Å². The summed E-state index contributed by atoms with van der Waals surface area (Å²) in [7, 11) is 1.80. The molecule has 1 aromatic rings. The van der Waals surface area contributed by atoms with Gasteiger partial charge in [-0.1, -0.05) is 24.9 Å². The molecule has 0 aliphatic carbocycles. The number of ether oxygens (including phenoxy) is 1. The second-order valence-corrected chi connectivity index (χ2v) is 5.00. The molecule has 0 spiro atoms. The Morgan fingerprint density at radius 1 is 1.29 bits per heavy atom. The molecule has 0 fully saturated rings. The lowest BCUT2D eigenvalue weighted by Crippen LogP contribution is -2.23. The van der Waals surface area contributed by atoms with Gasteiger partial charge in [0, 0.05) is 5.02 Å². The minimum atomic E-state index is -4.47. The number of benzene rings is 1. The van der Waals surface area contributed by atoms with Crippen LogP contribution in [0, 0.1) is 0 Å². The standard InChI is InChI=1S/C14H19ClF3NO.ClH/c1-3-4-11(7-8-19-2)20-13-6-5-10(15)9-12(13)14(16,17)18;/h5-6,9,11,19H,3-4,7-8H2,1-2H3;1H/t11-;/m1./s1. The minimum absolute atomic E-state index is 0. The van der Waals surface area contributed by atoms with E-state index in [0.29, 0.717) is 19.4 Å². The van der Waals surface area contributed by atoms with Crippen LogP contribution in [0.5, 0.6) is 5.75 Å². The summed E-state index contributed by atoms with van der Waals surface area (Å²) in [6, 6.07) is 3.60. The Morgan fingerprint density at radius 2 is 1.95 bits per heavy atom. The van der Waals surface area contributed by atoms with Crippen LogP contribution in [0.25, 0.3) is 0 Å². The van der Waals surface area contributed by atoms with Gasteiger partial charge in [0.1, 0.15) is 5.75 Å². The summed E-state index contributed by atoms with van der Waals surface area (Å²) >= 11 is 5.64. The van der Waals surface area contributed by atoms with Gasteiger partial charge in [-0.25, -0.2) is 0 Å². The Bertz CT molecular complexity index is 427. The first-order chi connectivity index (χ1) is 9.38. The molecule has 0 aromatic heterocycles. The topological polar surface area (TPSA) is 21.3 Å². The zero-order chi connectivity index (χ0) is 15.2. The fourth-order valence-corrected chi connectivity index (χ4v) is 2.07. The maximum Gasteiger partial charge on any atom is 0.420 e. The second kappa shape index (κ2) is 9.38. The Labute approximate surface area is 134 Å². The van der Waals surface area contributed by atoms with Crippen LogP contribution in [0.3, 0.4) is 0 Å². The number of halogens is 5. The van der Waals surface area contributed by atoms with Crippen molar-refractivity contribution in [1.29, 1.82) is 0 Å². The molecule has 0 heterocycles. The van der Waals surface area contributed by atoms with Crippen molar-refractivity contribution in [2.75, 3.05) is 13.6 Å². The van der Waals surface area contributed by atoms with Gasteiger partial charge >= 0.3 is 6.18 Å². The molecule has 1 rings (SSSR count). The zero-order valence-electron chi connectivity index (χ0n) is 12.0. The third-order valence-corrected chi connectivity index (χ3v) is 3.10. The van der Waals surface area contributed by atoms with Crippen LogP contribution in [0.4, 0.5) is 13.2 Å². The molecule has 1 atom stereocenters. The van der Waals surface area contributed by atoms with Crippen LogP contribution in [0.15, 0.2) is 18.2 Å². The monoisotopic (exact) mass is 345 g/mol. The van der Waals surface area contributed by atoms with Gasteiger partial charge in [0.2, 0.25) is 0 Å². The van der Waals surface area contributed by atoms with Crippen molar-refractivity contribution in [1.82, 2.24) is 5.32 Å². The SMILES string of the molecule is CCC[C@H](CCNC)Oc1ccc(Cl)cc1C(F)(F)F.Cl. The number of hydrogen-bond donors (Lipinski definition) is 1. The molecule has 2 nitrogen and oxygen atoms in total. The summed E-state index contributed by atoms with van der Waals surface area (Å²) in [6.07, 6.45) is -2.50. The quantitative estimate of drug-likeness (QED) is 0.755. The largest absolute Gasteiger partial charge is 0.490 e. The second-order valence-electron chi connectivity index (χ2n) is 4.56. The average molecular weight is 346 g/mol. The van der Waals surface area contributed by atoms with Gasteiger partial charge in [0.15, 0.2) is 0 Å². The zero-order valence-corrected chi connectivity index (χ0v) is 13.5. The van der Waals surface area contributed by atoms with Gasteiger partial charge in [0.05, 0.1) is 11.7 Å². The maximum absolute atomic E-state index is 13.0. The summed E-state index contributed by atoms with van der Waals surface area (Å²) in [6.45, 7) is 2.67. The van der Waals surface area contributed by atoms with E-state index in [1.54, 1.807) is 7.05 Å². The Kier molecular flexibility index (Phi) is 9.09. The first kappa shape index (κ1) is 20.3. The summed E-state index contributed by atoms with van der Waals surface area (Å²) in [5, 5.41) is 3.02. The molecular formula is C14H20Cl2F3NO. The van der Waals surface area contributed by atoms with E-state index in [9.17, 15) is 13.2 Å². The molecular weight excluding hydrogens is 326 g/mol. The van der Waals surface area contributed by atoms with Gasteiger partial charge in [-0.2, -0.15) is 13.2 Å². The molecule has 0 unspecified atom stereocenters. The van der Waals surface area contributed by atoms with E-state index < -0.39 is 11.7 Å². The molecule has 0 amide bonds. The minimum Gasteiger partial charge on any atom is -0.490 e. The van der Waals surface area contributed by atoms with Crippen LogP contribution in [-0.4, -0.2) is 19.7 Å². The first-order valence-electron chi connectivity index (χ1n) is 6.56. The van der Waals surface area contributed by atoms with E-state index in [-0.39, 0.29) is 29.3 Å². The molecule has 1 N–H and O–H groups in total. The smallest absolute Gasteiger partial charge is 0.420 e. The highest BCUT2D eigenvalue weighted by Crippen LogP contribution is 2.38. The van der Waals surface area contributed by atoms with E-state index in [0.717, 1.165) is 12.5 Å². The van der Waals surface area contributed by atoms with Crippen molar-refractivity contribution in [2.45, 2.75) is 38.5 Å². The van der Waals surface area contributed by atoms with Crippen molar-refractivity contribution < 1.29 is 17.9 Å². The van der Waals surface area contributed by atoms with Crippen LogP contribution >= 0.6 is 24.0 Å². The van der Waals surface area contributed by atoms with Gasteiger partial charge < -0.3 is 10.1 Å². The molecule has 0 aliphatic heterocycles. The number of alkyl halides is 3. The predicted octanol–water partition coefficient (Wildman–Crippen LogP) is 4.94. The van der Waals surface area contributed by atoms with E-state index in [2.05, 4.69) is 5.32 Å². The molecule has 21 heavy (non-hydrogen) atoms. The Morgan fingerprint density at radius 3 is 2.48 bits per heavy atom. The molecule has 0 saturated heterocycles. The van der Waals surface area contributed by atoms with Crippen molar-refractivity contribution in [3.8, 4) is 5.75 Å². The normalized spacial score (nSPS) is 12.7. The number of rotatable bonds is 7. The Balaban J connectivity index is 0.00000400. The summed E-state index contributed by atoms with van der Waals surface area (Å²) < 4.78 is 44.4. The lowest BCUT2D eigenvalue weighted by molar-refractivity contribution is -0.139. The molecule has 0 radical (unpaired) electrons. The summed E-state index contributed by atoms with van der Waals surface area (Å²) in [5.74, 6) is -0.156. The van der Waals surface area contributed by atoms with Crippen LogP contribution < -0.4 is 10.1 Å². The first-order valence-corrected chi connectivity index (χ1v) is 6.94. The third kappa shape index (κ3) is 6.76. The van der Waals surface area contributed by atoms with E-state index in [1.807, 2.05) is 6.92 Å². The van der Waals surface area contributed by atoms with Crippen LogP contribution in [-0.2, 0) is 6.18 Å². The summed E-state index contributed by atoms with van der Waals surface area (Å²) in [4.78, 5) is 0. The molecule has 122 valence electrons. The maximum atomic E-state index is 13.0. The van der Waals surface area contributed by atoms with Gasteiger partial charge in [-0.05, 0) is 44.6 Å². The van der Waals surface area contributed by atoms with Crippen molar-refractivity contribution in [2.24, 2.45) is 0 Å². The average Bonchev–Trinajstić information content (AvgIpc) is 2.37. The molecule has 7 heteroatoms. The molecule has 1 aromatic carbocycles. The van der Waals surface area contributed by atoms with E-state index in [4.69, 9.17) is 16.3 Å². The molecule has 0 aliphatic rings. The third-order valence-electron chi connectivity index (χ3n) is 2.87. The van der Waals surface area contributed by atoms with Crippen molar-refractivity contribution in [3.63, 3.8) is 0 Å². The fourth-order valence-electron chi connectivity index (χ4n) is 1.90. The highest BCUT2D eigenvalue weighted by atomic mass is 35.5. The van der Waals surface area contributed by atoms with Gasteiger partial charge in [-0.3, -0.25) is 0 Å². The van der Waals surface area contributed by atoms with Crippen molar-refractivity contribution >= 4 is 24.0 Å². The lowest BCUT2D eigenvalue weighted by atomic mass is 10.1. The highest BCUT2D eigenvalue weighted by molar-refractivity contribution is 6.30.